The van der Waals surface area contributed by atoms with E-state index in [-0.39, 0.29) is 5.91 Å². The third kappa shape index (κ3) is 5.39. The Morgan fingerprint density at radius 3 is 2.31 bits per heavy atom. The van der Waals surface area contributed by atoms with Gasteiger partial charge in [0.05, 0.1) is 12.2 Å². The van der Waals surface area contributed by atoms with Gasteiger partial charge in [0.1, 0.15) is 5.75 Å². The Balaban J connectivity index is 1.77. The highest BCUT2D eigenvalue weighted by Gasteiger charge is 2.28. The standard InChI is InChI=1S/C25H34N2O2/c1-4-12-27(13-5-2)22-14-20-16-23(24(29-6-3)17-21(20)15-22)25(28)26-18-19-10-8-7-9-11-19/h7-11,16-17,22H,4-6,12-15,18H2,1-3H3,(H,26,28). The quantitative estimate of drug-likeness (QED) is 0.640. The number of carbonyl (C=O) groups is 1. The van der Waals surface area contributed by atoms with Gasteiger partial charge in [-0.1, -0.05) is 44.2 Å². The van der Waals surface area contributed by atoms with Crippen LogP contribution >= 0.6 is 0 Å². The van der Waals surface area contributed by atoms with Gasteiger partial charge in [0, 0.05) is 12.6 Å². The van der Waals surface area contributed by atoms with Crippen LogP contribution in [0.15, 0.2) is 42.5 Å². The van der Waals surface area contributed by atoms with Gasteiger partial charge >= 0.3 is 0 Å². The molecule has 2 aromatic rings. The highest BCUT2D eigenvalue weighted by Crippen LogP contribution is 2.32. The van der Waals surface area contributed by atoms with Crippen molar-refractivity contribution in [3.8, 4) is 5.75 Å². The summed E-state index contributed by atoms with van der Waals surface area (Å²) in [6.07, 6.45) is 4.40. The van der Waals surface area contributed by atoms with Gasteiger partial charge in [0.2, 0.25) is 0 Å². The molecule has 1 unspecified atom stereocenters. The summed E-state index contributed by atoms with van der Waals surface area (Å²) < 4.78 is 5.85. The molecule has 1 amide bonds. The number of amides is 1. The minimum Gasteiger partial charge on any atom is -0.493 e. The van der Waals surface area contributed by atoms with Crippen LogP contribution in [0, 0.1) is 0 Å². The first-order valence-electron chi connectivity index (χ1n) is 11.0. The molecule has 0 spiro atoms. The van der Waals surface area contributed by atoms with Gasteiger partial charge in [-0.2, -0.15) is 0 Å². The summed E-state index contributed by atoms with van der Waals surface area (Å²) in [5, 5.41) is 3.05. The molecule has 0 aliphatic heterocycles. The number of hydrogen-bond donors (Lipinski definition) is 1. The van der Waals surface area contributed by atoms with Crippen LogP contribution in [0.2, 0.25) is 0 Å². The van der Waals surface area contributed by atoms with Crippen LogP contribution < -0.4 is 10.1 Å². The first kappa shape index (κ1) is 21.4. The molecule has 4 heteroatoms. The largest absolute Gasteiger partial charge is 0.493 e. The monoisotopic (exact) mass is 394 g/mol. The maximum atomic E-state index is 12.9. The summed E-state index contributed by atoms with van der Waals surface area (Å²) in [5.74, 6) is 0.637. The molecular formula is C25H34N2O2. The van der Waals surface area contributed by atoms with Gasteiger partial charge in [-0.25, -0.2) is 0 Å². The van der Waals surface area contributed by atoms with E-state index in [2.05, 4.69) is 36.2 Å². The molecular weight excluding hydrogens is 360 g/mol. The van der Waals surface area contributed by atoms with Crippen molar-refractivity contribution in [2.45, 2.75) is 59.0 Å². The molecule has 0 saturated heterocycles. The van der Waals surface area contributed by atoms with E-state index in [9.17, 15) is 4.79 Å². The van der Waals surface area contributed by atoms with Crippen LogP contribution in [-0.2, 0) is 19.4 Å². The van der Waals surface area contributed by atoms with Gasteiger partial charge in [-0.15, -0.1) is 0 Å². The average Bonchev–Trinajstić information content (AvgIpc) is 3.15. The summed E-state index contributed by atoms with van der Waals surface area (Å²) in [6, 6.07) is 14.7. The molecule has 1 atom stereocenters. The summed E-state index contributed by atoms with van der Waals surface area (Å²) in [4.78, 5) is 15.5. The number of nitrogens with zero attached hydrogens (tertiary/aromatic N) is 1. The van der Waals surface area contributed by atoms with E-state index >= 15 is 0 Å². The number of carbonyl (C=O) groups excluding carboxylic acids is 1. The zero-order chi connectivity index (χ0) is 20.6. The number of fused-ring (bicyclic) bond motifs is 1. The topological polar surface area (TPSA) is 41.6 Å². The summed E-state index contributed by atoms with van der Waals surface area (Å²) in [6.45, 7) is 9.79. The highest BCUT2D eigenvalue weighted by atomic mass is 16.5. The fraction of sp³-hybridized carbons (Fsp3) is 0.480. The van der Waals surface area contributed by atoms with Crippen molar-refractivity contribution in [1.82, 2.24) is 10.2 Å². The first-order chi connectivity index (χ1) is 14.2. The van der Waals surface area contributed by atoms with Crippen molar-refractivity contribution in [2.24, 2.45) is 0 Å². The maximum Gasteiger partial charge on any atom is 0.255 e. The molecule has 1 N–H and O–H groups in total. The van der Waals surface area contributed by atoms with Crippen LogP contribution in [0.3, 0.4) is 0 Å². The van der Waals surface area contributed by atoms with Gasteiger partial charge in [-0.05, 0) is 74.5 Å². The fourth-order valence-corrected chi connectivity index (χ4v) is 4.26. The normalized spacial score (nSPS) is 15.4. The van der Waals surface area contributed by atoms with Crippen LogP contribution in [-0.4, -0.2) is 36.5 Å². The minimum absolute atomic E-state index is 0.0671. The molecule has 2 aromatic carbocycles. The van der Waals surface area contributed by atoms with Crippen LogP contribution in [0.5, 0.6) is 5.75 Å². The SMILES string of the molecule is CCCN(CCC)C1Cc2cc(OCC)c(C(=O)NCc3ccccc3)cc2C1. The predicted molar refractivity (Wildman–Crippen MR) is 119 cm³/mol. The van der Waals surface area contributed by atoms with E-state index in [0.717, 1.165) is 31.5 Å². The summed E-state index contributed by atoms with van der Waals surface area (Å²) in [7, 11) is 0. The molecule has 156 valence electrons. The second kappa shape index (κ2) is 10.4. The molecule has 1 aliphatic rings. The summed E-state index contributed by atoms with van der Waals surface area (Å²) in [5.41, 5.74) is 4.37. The second-order valence-corrected chi connectivity index (χ2v) is 7.82. The molecule has 1 aliphatic carbocycles. The lowest BCUT2D eigenvalue weighted by Crippen LogP contribution is -2.37. The Hall–Kier alpha value is -2.33. The zero-order valence-electron chi connectivity index (χ0n) is 18.0. The average molecular weight is 395 g/mol. The van der Waals surface area contributed by atoms with Gasteiger partial charge in [0.15, 0.2) is 0 Å². The number of benzene rings is 2. The van der Waals surface area contributed by atoms with E-state index in [0.29, 0.717) is 30.5 Å². The molecule has 0 heterocycles. The minimum atomic E-state index is -0.0671. The lowest BCUT2D eigenvalue weighted by atomic mass is 10.0. The fourth-order valence-electron chi connectivity index (χ4n) is 4.26. The zero-order valence-corrected chi connectivity index (χ0v) is 18.0. The van der Waals surface area contributed by atoms with Crippen LogP contribution in [0.4, 0.5) is 0 Å². The van der Waals surface area contributed by atoms with Crippen molar-refractivity contribution >= 4 is 5.91 Å². The maximum absolute atomic E-state index is 12.9. The smallest absolute Gasteiger partial charge is 0.255 e. The van der Waals surface area contributed by atoms with Gasteiger partial charge in [0.25, 0.3) is 5.91 Å². The molecule has 0 fully saturated rings. The van der Waals surface area contributed by atoms with E-state index in [4.69, 9.17) is 4.74 Å². The van der Waals surface area contributed by atoms with Gasteiger partial charge in [-0.3, -0.25) is 9.69 Å². The molecule has 4 nitrogen and oxygen atoms in total. The van der Waals surface area contributed by atoms with Crippen molar-refractivity contribution < 1.29 is 9.53 Å². The van der Waals surface area contributed by atoms with Crippen LogP contribution in [0.1, 0.15) is 60.7 Å². The van der Waals surface area contributed by atoms with Crippen molar-refractivity contribution in [2.75, 3.05) is 19.7 Å². The number of nitrogens with one attached hydrogen (secondary N) is 1. The lowest BCUT2D eigenvalue weighted by molar-refractivity contribution is 0.0947. The number of hydrogen-bond acceptors (Lipinski definition) is 3. The molecule has 29 heavy (non-hydrogen) atoms. The third-order valence-corrected chi connectivity index (χ3v) is 5.59. The van der Waals surface area contributed by atoms with E-state index in [1.165, 1.54) is 24.0 Å². The Kier molecular flexibility index (Phi) is 7.70. The Morgan fingerprint density at radius 1 is 1.03 bits per heavy atom. The Bertz CT molecular complexity index is 798. The second-order valence-electron chi connectivity index (χ2n) is 7.82. The highest BCUT2D eigenvalue weighted by molar-refractivity contribution is 5.97. The van der Waals surface area contributed by atoms with Crippen LogP contribution in [0.25, 0.3) is 0 Å². The molecule has 3 rings (SSSR count). The molecule has 0 bridgehead atoms. The number of ether oxygens (including phenoxy) is 1. The molecule has 0 saturated carbocycles. The van der Waals surface area contributed by atoms with E-state index in [1.807, 2.05) is 37.3 Å². The van der Waals surface area contributed by atoms with Crippen molar-refractivity contribution in [3.05, 3.63) is 64.7 Å². The number of rotatable bonds is 10. The van der Waals surface area contributed by atoms with Crippen molar-refractivity contribution in [1.29, 1.82) is 0 Å². The van der Waals surface area contributed by atoms with Gasteiger partial charge < -0.3 is 10.1 Å². The first-order valence-corrected chi connectivity index (χ1v) is 11.0. The third-order valence-electron chi connectivity index (χ3n) is 5.59. The van der Waals surface area contributed by atoms with E-state index in [1.54, 1.807) is 0 Å². The summed E-state index contributed by atoms with van der Waals surface area (Å²) >= 11 is 0. The lowest BCUT2D eigenvalue weighted by Gasteiger charge is -2.27. The molecule has 0 aromatic heterocycles. The molecule has 0 radical (unpaired) electrons. The predicted octanol–water partition coefficient (Wildman–Crippen LogP) is 4.60. The Labute approximate surface area is 175 Å². The Morgan fingerprint density at radius 2 is 1.69 bits per heavy atom. The van der Waals surface area contributed by atoms with E-state index < -0.39 is 0 Å². The van der Waals surface area contributed by atoms with Crippen molar-refractivity contribution in [3.63, 3.8) is 0 Å².